The third-order valence-corrected chi connectivity index (χ3v) is 3.42. The highest BCUT2D eigenvalue weighted by Crippen LogP contribution is 2.25. The van der Waals surface area contributed by atoms with Crippen LogP contribution in [-0.2, 0) is 0 Å². The van der Waals surface area contributed by atoms with Gasteiger partial charge in [-0.05, 0) is 25.3 Å². The zero-order chi connectivity index (χ0) is 13.1. The Kier molecular flexibility index (Phi) is 4.01. The van der Waals surface area contributed by atoms with Crippen LogP contribution in [-0.4, -0.2) is 23.0 Å². The molecule has 2 rings (SSSR count). The van der Waals surface area contributed by atoms with Crippen molar-refractivity contribution in [3.05, 3.63) is 36.0 Å². The highest BCUT2D eigenvalue weighted by molar-refractivity contribution is 7.98. The quantitative estimate of drug-likeness (QED) is 0.915. The maximum Gasteiger partial charge on any atom is 0.152 e. The van der Waals surface area contributed by atoms with Gasteiger partial charge in [0.05, 0.1) is 0 Å². The predicted octanol–water partition coefficient (Wildman–Crippen LogP) is 3.68. The molecule has 1 atom stereocenters. The average molecular weight is 268 g/mol. The monoisotopic (exact) mass is 268 g/mol. The maximum absolute atomic E-state index is 13.6. The van der Waals surface area contributed by atoms with Crippen molar-refractivity contribution < 1.29 is 8.78 Å². The Hall–Kier alpha value is -1.36. The second-order valence-electron chi connectivity index (χ2n) is 4.14. The summed E-state index contributed by atoms with van der Waals surface area (Å²) in [6.07, 6.45) is 3.54. The first kappa shape index (κ1) is 13.1. The number of benzene rings is 1. The smallest absolute Gasteiger partial charge is 0.152 e. The predicted molar refractivity (Wildman–Crippen MR) is 73.1 cm³/mol. The van der Waals surface area contributed by atoms with Gasteiger partial charge in [0.1, 0.15) is 11.3 Å². The van der Waals surface area contributed by atoms with Gasteiger partial charge in [-0.15, -0.1) is 0 Å². The molecule has 18 heavy (non-hydrogen) atoms. The van der Waals surface area contributed by atoms with E-state index in [9.17, 15) is 8.78 Å². The molecule has 1 N–H and O–H groups in total. The molecule has 0 aliphatic heterocycles. The van der Waals surface area contributed by atoms with Crippen LogP contribution in [0.5, 0.6) is 0 Å². The van der Waals surface area contributed by atoms with Gasteiger partial charge in [-0.2, -0.15) is 11.8 Å². The number of hydrogen-bond acceptors (Lipinski definition) is 3. The summed E-state index contributed by atoms with van der Waals surface area (Å²) in [5.41, 5.74) is 0.901. The summed E-state index contributed by atoms with van der Waals surface area (Å²) in [5, 5.41) is 3.72. The average Bonchev–Trinajstić information content (AvgIpc) is 2.30. The van der Waals surface area contributed by atoms with E-state index in [4.69, 9.17) is 0 Å². The second-order valence-corrected chi connectivity index (χ2v) is 5.05. The molecule has 1 aromatic heterocycles. The molecule has 1 unspecified atom stereocenters. The molecule has 0 spiro atoms. The number of nitrogens with one attached hydrogen (secondary N) is 1. The van der Waals surface area contributed by atoms with Crippen LogP contribution < -0.4 is 5.32 Å². The van der Waals surface area contributed by atoms with Crippen LogP contribution >= 0.6 is 11.8 Å². The van der Waals surface area contributed by atoms with E-state index in [1.54, 1.807) is 17.8 Å². The molecule has 0 saturated heterocycles. The van der Waals surface area contributed by atoms with E-state index in [0.29, 0.717) is 11.1 Å². The summed E-state index contributed by atoms with van der Waals surface area (Å²) in [6.45, 7) is 2.03. The molecule has 1 aromatic carbocycles. The van der Waals surface area contributed by atoms with Crippen LogP contribution in [0.4, 0.5) is 14.5 Å². The second kappa shape index (κ2) is 5.52. The van der Waals surface area contributed by atoms with E-state index in [1.165, 1.54) is 12.3 Å². The van der Waals surface area contributed by atoms with E-state index < -0.39 is 11.6 Å². The van der Waals surface area contributed by atoms with Crippen molar-refractivity contribution >= 4 is 28.4 Å². The van der Waals surface area contributed by atoms with Gasteiger partial charge in [0.25, 0.3) is 0 Å². The topological polar surface area (TPSA) is 24.9 Å². The van der Waals surface area contributed by atoms with E-state index in [1.807, 2.05) is 13.2 Å². The molecular weight excluding hydrogens is 254 g/mol. The van der Waals surface area contributed by atoms with Gasteiger partial charge in [0, 0.05) is 35.1 Å². The summed E-state index contributed by atoms with van der Waals surface area (Å²) < 4.78 is 26.8. The molecule has 0 aliphatic carbocycles. The van der Waals surface area contributed by atoms with Crippen LogP contribution in [0.25, 0.3) is 10.9 Å². The number of aromatic nitrogens is 1. The van der Waals surface area contributed by atoms with Gasteiger partial charge in [-0.1, -0.05) is 0 Å². The minimum atomic E-state index is -0.633. The van der Waals surface area contributed by atoms with Crippen molar-refractivity contribution in [1.82, 2.24) is 4.98 Å². The number of halogens is 2. The first-order valence-corrected chi connectivity index (χ1v) is 7.00. The Morgan fingerprint density at radius 3 is 2.89 bits per heavy atom. The van der Waals surface area contributed by atoms with Crippen LogP contribution in [0.3, 0.4) is 0 Å². The summed E-state index contributed by atoms with van der Waals surface area (Å²) in [4.78, 5) is 3.95. The first-order valence-electron chi connectivity index (χ1n) is 5.61. The lowest BCUT2D eigenvalue weighted by molar-refractivity contribution is 0.590. The Labute approximate surface area is 109 Å². The van der Waals surface area contributed by atoms with E-state index in [-0.39, 0.29) is 11.6 Å². The highest BCUT2D eigenvalue weighted by atomic mass is 32.2. The summed E-state index contributed by atoms with van der Waals surface area (Å²) in [5.74, 6) is -0.304. The highest BCUT2D eigenvalue weighted by Gasteiger charge is 2.10. The Morgan fingerprint density at radius 2 is 2.17 bits per heavy atom. The zero-order valence-corrected chi connectivity index (χ0v) is 11.0. The van der Waals surface area contributed by atoms with Gasteiger partial charge in [0.15, 0.2) is 5.82 Å². The molecule has 0 aliphatic rings. The lowest BCUT2D eigenvalue weighted by Gasteiger charge is -2.15. The molecular formula is C13H14F2N2S. The normalized spacial score (nSPS) is 12.7. The van der Waals surface area contributed by atoms with Crippen LogP contribution in [0.15, 0.2) is 24.4 Å². The van der Waals surface area contributed by atoms with Crippen molar-refractivity contribution in [2.45, 2.75) is 13.0 Å². The fourth-order valence-electron chi connectivity index (χ4n) is 1.86. The number of thioether (sulfide) groups is 1. The van der Waals surface area contributed by atoms with E-state index in [2.05, 4.69) is 10.3 Å². The molecule has 96 valence electrons. The standard InChI is InChI=1S/C13H14F2N2S/c1-8(7-18-2)17-12-3-4-16-13-10(12)5-9(14)6-11(13)15/h3-6,8H,7H2,1-2H3,(H,16,17). The van der Waals surface area contributed by atoms with Crippen LogP contribution in [0, 0.1) is 11.6 Å². The zero-order valence-electron chi connectivity index (χ0n) is 10.2. The van der Waals surface area contributed by atoms with Crippen molar-refractivity contribution in [1.29, 1.82) is 0 Å². The molecule has 0 bridgehead atoms. The van der Waals surface area contributed by atoms with Crippen molar-refractivity contribution in [3.8, 4) is 0 Å². The van der Waals surface area contributed by atoms with Gasteiger partial charge in [0.2, 0.25) is 0 Å². The van der Waals surface area contributed by atoms with Gasteiger partial charge < -0.3 is 5.32 Å². The van der Waals surface area contributed by atoms with Gasteiger partial charge in [-0.25, -0.2) is 8.78 Å². The third kappa shape index (κ3) is 2.72. The Bertz CT molecular complexity index is 560. The van der Waals surface area contributed by atoms with Crippen molar-refractivity contribution in [2.75, 3.05) is 17.3 Å². The number of hydrogen-bond donors (Lipinski definition) is 1. The first-order chi connectivity index (χ1) is 8.61. The number of anilines is 1. The van der Waals surface area contributed by atoms with Crippen molar-refractivity contribution in [3.63, 3.8) is 0 Å². The van der Waals surface area contributed by atoms with E-state index in [0.717, 1.165) is 11.8 Å². The summed E-state index contributed by atoms with van der Waals surface area (Å²) in [7, 11) is 0. The Balaban J connectivity index is 2.44. The molecule has 1 heterocycles. The SMILES string of the molecule is CSCC(C)Nc1ccnc2c(F)cc(F)cc12. The molecule has 0 amide bonds. The minimum Gasteiger partial charge on any atom is -0.381 e. The molecule has 0 saturated carbocycles. The number of rotatable bonds is 4. The largest absolute Gasteiger partial charge is 0.381 e. The molecule has 2 aromatic rings. The van der Waals surface area contributed by atoms with Crippen LogP contribution in [0.1, 0.15) is 6.92 Å². The number of fused-ring (bicyclic) bond motifs is 1. The lowest BCUT2D eigenvalue weighted by atomic mass is 10.1. The van der Waals surface area contributed by atoms with Gasteiger partial charge >= 0.3 is 0 Å². The number of pyridine rings is 1. The Morgan fingerprint density at radius 1 is 1.39 bits per heavy atom. The molecule has 5 heteroatoms. The maximum atomic E-state index is 13.6. The van der Waals surface area contributed by atoms with Crippen molar-refractivity contribution in [2.24, 2.45) is 0 Å². The number of nitrogens with zero attached hydrogens (tertiary/aromatic N) is 1. The third-order valence-electron chi connectivity index (χ3n) is 2.58. The minimum absolute atomic E-state index is 0.192. The molecule has 2 nitrogen and oxygen atoms in total. The molecule has 0 fully saturated rings. The molecule has 0 radical (unpaired) electrons. The van der Waals surface area contributed by atoms with Crippen LogP contribution in [0.2, 0.25) is 0 Å². The summed E-state index contributed by atoms with van der Waals surface area (Å²) >= 11 is 1.71. The fourth-order valence-corrected chi connectivity index (χ4v) is 2.44. The van der Waals surface area contributed by atoms with Gasteiger partial charge in [-0.3, -0.25) is 4.98 Å². The fraction of sp³-hybridized carbons (Fsp3) is 0.308. The summed E-state index contributed by atoms with van der Waals surface area (Å²) in [6, 6.07) is 4.11. The van der Waals surface area contributed by atoms with E-state index >= 15 is 0 Å². The lowest BCUT2D eigenvalue weighted by Crippen LogP contribution is -2.18.